The average molecular weight is 244 g/mol. The van der Waals surface area contributed by atoms with E-state index in [1.54, 1.807) is 30.7 Å². The number of rotatable bonds is 4. The first kappa shape index (κ1) is 12.0. The van der Waals surface area contributed by atoms with Crippen molar-refractivity contribution in [3.8, 4) is 0 Å². The third-order valence-corrected chi connectivity index (χ3v) is 2.49. The molecule has 1 unspecified atom stereocenters. The zero-order chi connectivity index (χ0) is 13.0. The highest BCUT2D eigenvalue weighted by molar-refractivity contribution is 5.49. The summed E-state index contributed by atoms with van der Waals surface area (Å²) in [6.07, 6.45) is 4.93. The zero-order valence-electron chi connectivity index (χ0n) is 9.78. The van der Waals surface area contributed by atoms with E-state index in [9.17, 15) is 10.1 Å². The van der Waals surface area contributed by atoms with Crippen molar-refractivity contribution in [2.45, 2.75) is 13.0 Å². The Kier molecular flexibility index (Phi) is 3.47. The van der Waals surface area contributed by atoms with Gasteiger partial charge in [-0.2, -0.15) is 0 Å². The van der Waals surface area contributed by atoms with Gasteiger partial charge in [0.15, 0.2) is 0 Å². The van der Waals surface area contributed by atoms with E-state index in [1.807, 2.05) is 6.92 Å². The Hall–Kier alpha value is -2.50. The van der Waals surface area contributed by atoms with Crippen LogP contribution in [0.3, 0.4) is 0 Å². The maximum atomic E-state index is 10.5. The summed E-state index contributed by atoms with van der Waals surface area (Å²) in [5, 5.41) is 13.7. The van der Waals surface area contributed by atoms with Crippen LogP contribution in [0.15, 0.2) is 42.9 Å². The van der Waals surface area contributed by atoms with Gasteiger partial charge in [-0.15, -0.1) is 0 Å². The van der Waals surface area contributed by atoms with Crippen molar-refractivity contribution in [3.05, 3.63) is 58.7 Å². The molecule has 0 aliphatic rings. The second-order valence-electron chi connectivity index (χ2n) is 3.80. The second-order valence-corrected chi connectivity index (χ2v) is 3.80. The van der Waals surface area contributed by atoms with Gasteiger partial charge in [-0.25, -0.2) is 0 Å². The summed E-state index contributed by atoms with van der Waals surface area (Å²) in [5.41, 5.74) is 1.70. The molecule has 1 atom stereocenters. The lowest BCUT2D eigenvalue weighted by atomic mass is 10.2. The second kappa shape index (κ2) is 5.22. The number of nitrogens with zero attached hydrogens (tertiary/aromatic N) is 3. The van der Waals surface area contributed by atoms with Crippen LogP contribution in [0, 0.1) is 10.1 Å². The van der Waals surface area contributed by atoms with Crippen LogP contribution in [-0.2, 0) is 0 Å². The molecule has 0 aliphatic carbocycles. The minimum absolute atomic E-state index is 0.0137. The van der Waals surface area contributed by atoms with Gasteiger partial charge in [0.05, 0.1) is 22.9 Å². The Morgan fingerprint density at radius 3 is 2.56 bits per heavy atom. The highest BCUT2D eigenvalue weighted by atomic mass is 16.6. The lowest BCUT2D eigenvalue weighted by Crippen LogP contribution is -2.08. The van der Waals surface area contributed by atoms with Gasteiger partial charge in [0.25, 0.3) is 5.69 Å². The molecule has 0 saturated heterocycles. The Bertz CT molecular complexity index is 528. The number of aromatic nitrogens is 2. The number of nitro benzene ring substituents is 1. The Morgan fingerprint density at radius 2 is 2.00 bits per heavy atom. The molecule has 0 saturated carbocycles. The monoisotopic (exact) mass is 244 g/mol. The van der Waals surface area contributed by atoms with Gasteiger partial charge < -0.3 is 5.32 Å². The van der Waals surface area contributed by atoms with Gasteiger partial charge in [0.1, 0.15) is 0 Å². The average Bonchev–Trinajstić information content (AvgIpc) is 2.40. The molecule has 92 valence electrons. The first-order chi connectivity index (χ1) is 8.66. The fourth-order valence-electron chi connectivity index (χ4n) is 1.54. The van der Waals surface area contributed by atoms with Crippen molar-refractivity contribution in [1.82, 2.24) is 9.97 Å². The quantitative estimate of drug-likeness (QED) is 0.660. The molecule has 2 rings (SSSR count). The maximum Gasteiger partial charge on any atom is 0.269 e. The summed E-state index contributed by atoms with van der Waals surface area (Å²) < 4.78 is 0. The standard InChI is InChI=1S/C12H12N4O2/c1-9(12-8-13-6-7-14-12)15-10-2-4-11(5-3-10)16(17)18/h2-9,15H,1H3. The number of hydrogen-bond donors (Lipinski definition) is 1. The maximum absolute atomic E-state index is 10.5. The topological polar surface area (TPSA) is 81.0 Å². The highest BCUT2D eigenvalue weighted by Crippen LogP contribution is 2.19. The molecule has 1 aromatic heterocycles. The van der Waals surface area contributed by atoms with Crippen LogP contribution in [-0.4, -0.2) is 14.9 Å². The fourth-order valence-corrected chi connectivity index (χ4v) is 1.54. The molecule has 0 aliphatic heterocycles. The van der Waals surface area contributed by atoms with Crippen LogP contribution >= 0.6 is 0 Å². The molecule has 0 amide bonds. The summed E-state index contributed by atoms with van der Waals surface area (Å²) in [5.74, 6) is 0. The number of benzene rings is 1. The normalized spacial score (nSPS) is 11.8. The van der Waals surface area contributed by atoms with Gasteiger partial charge in [-0.1, -0.05) is 0 Å². The number of nitro groups is 1. The number of hydrogen-bond acceptors (Lipinski definition) is 5. The van der Waals surface area contributed by atoms with Crippen LogP contribution in [0.5, 0.6) is 0 Å². The molecule has 0 spiro atoms. The minimum atomic E-state index is -0.421. The van der Waals surface area contributed by atoms with Crippen molar-refractivity contribution < 1.29 is 4.92 Å². The van der Waals surface area contributed by atoms with Crippen LogP contribution in [0.25, 0.3) is 0 Å². The highest BCUT2D eigenvalue weighted by Gasteiger charge is 2.08. The number of non-ortho nitro benzene ring substituents is 1. The van der Waals surface area contributed by atoms with Crippen LogP contribution < -0.4 is 5.32 Å². The predicted octanol–water partition coefficient (Wildman–Crippen LogP) is 2.56. The molecule has 1 heterocycles. The van der Waals surface area contributed by atoms with Crippen molar-refractivity contribution in [3.63, 3.8) is 0 Å². The Labute approximate surface area is 104 Å². The van der Waals surface area contributed by atoms with Crippen molar-refractivity contribution in [2.24, 2.45) is 0 Å². The summed E-state index contributed by atoms with van der Waals surface area (Å²) in [7, 11) is 0. The predicted molar refractivity (Wildman–Crippen MR) is 67.2 cm³/mol. The molecule has 0 bridgehead atoms. The van der Waals surface area contributed by atoms with Crippen molar-refractivity contribution >= 4 is 11.4 Å². The number of anilines is 1. The molecule has 6 nitrogen and oxygen atoms in total. The lowest BCUT2D eigenvalue weighted by Gasteiger charge is -2.13. The zero-order valence-corrected chi connectivity index (χ0v) is 9.78. The molecule has 1 N–H and O–H groups in total. The number of nitrogens with one attached hydrogen (secondary N) is 1. The molecule has 0 radical (unpaired) electrons. The first-order valence-corrected chi connectivity index (χ1v) is 5.44. The molecule has 2 aromatic rings. The van der Waals surface area contributed by atoms with Crippen LogP contribution in [0.1, 0.15) is 18.7 Å². The molecule has 1 aromatic carbocycles. The Balaban J connectivity index is 2.08. The van der Waals surface area contributed by atoms with E-state index in [0.29, 0.717) is 0 Å². The van der Waals surface area contributed by atoms with Gasteiger partial charge >= 0.3 is 0 Å². The first-order valence-electron chi connectivity index (χ1n) is 5.44. The fraction of sp³-hybridized carbons (Fsp3) is 0.167. The van der Waals surface area contributed by atoms with E-state index < -0.39 is 4.92 Å². The van der Waals surface area contributed by atoms with Gasteiger partial charge in [-0.3, -0.25) is 20.1 Å². The molecule has 6 heteroatoms. The van der Waals surface area contributed by atoms with E-state index in [1.165, 1.54) is 12.1 Å². The van der Waals surface area contributed by atoms with E-state index in [0.717, 1.165) is 11.4 Å². The molecular formula is C12H12N4O2. The SMILES string of the molecule is CC(Nc1ccc([N+](=O)[O-])cc1)c1cnccn1. The van der Waals surface area contributed by atoms with Crippen molar-refractivity contribution in [2.75, 3.05) is 5.32 Å². The van der Waals surface area contributed by atoms with Crippen LogP contribution in [0.4, 0.5) is 11.4 Å². The van der Waals surface area contributed by atoms with E-state index in [4.69, 9.17) is 0 Å². The smallest absolute Gasteiger partial charge is 0.269 e. The largest absolute Gasteiger partial charge is 0.377 e. The summed E-state index contributed by atoms with van der Waals surface area (Å²) in [6.45, 7) is 1.95. The van der Waals surface area contributed by atoms with E-state index in [-0.39, 0.29) is 11.7 Å². The van der Waals surface area contributed by atoms with Crippen LogP contribution in [0.2, 0.25) is 0 Å². The summed E-state index contributed by atoms with van der Waals surface area (Å²) in [4.78, 5) is 18.3. The molecule has 0 fully saturated rings. The van der Waals surface area contributed by atoms with Crippen molar-refractivity contribution in [1.29, 1.82) is 0 Å². The molecular weight excluding hydrogens is 232 g/mol. The Morgan fingerprint density at radius 1 is 1.28 bits per heavy atom. The lowest BCUT2D eigenvalue weighted by molar-refractivity contribution is -0.384. The van der Waals surface area contributed by atoms with Gasteiger partial charge in [-0.05, 0) is 19.1 Å². The summed E-state index contributed by atoms with van der Waals surface area (Å²) >= 11 is 0. The third-order valence-electron chi connectivity index (χ3n) is 2.49. The van der Waals surface area contributed by atoms with E-state index in [2.05, 4.69) is 15.3 Å². The third kappa shape index (κ3) is 2.79. The molecule has 18 heavy (non-hydrogen) atoms. The minimum Gasteiger partial charge on any atom is -0.377 e. The van der Waals surface area contributed by atoms with Gasteiger partial charge in [0, 0.05) is 30.2 Å². The van der Waals surface area contributed by atoms with Gasteiger partial charge in [0.2, 0.25) is 0 Å². The summed E-state index contributed by atoms with van der Waals surface area (Å²) in [6, 6.07) is 6.26. The van der Waals surface area contributed by atoms with E-state index >= 15 is 0 Å².